The van der Waals surface area contributed by atoms with Gasteiger partial charge in [-0.15, -0.1) is 0 Å². The van der Waals surface area contributed by atoms with Gasteiger partial charge in [0.05, 0.1) is 17.5 Å². The highest BCUT2D eigenvalue weighted by atomic mass is 19.4. The Hall–Kier alpha value is -3.01. The molecule has 2 aromatic heterocycles. The Balaban J connectivity index is 1.75. The zero-order valence-electron chi connectivity index (χ0n) is 16.1. The maximum absolute atomic E-state index is 13.8. The molecule has 0 bridgehead atoms. The number of carbonyl (C=O) groups is 1. The average Bonchev–Trinajstić information content (AvgIpc) is 3.29. The van der Waals surface area contributed by atoms with Crippen LogP contribution in [-0.2, 0) is 4.79 Å². The fraction of sp³-hybridized carbons (Fsp3) is 0.400. The average molecular weight is 416 g/mol. The van der Waals surface area contributed by atoms with Crippen LogP contribution in [0.2, 0.25) is 0 Å². The highest BCUT2D eigenvalue weighted by Gasteiger charge is 2.47. The number of hydrogen-bond acceptors (Lipinski definition) is 5. The van der Waals surface area contributed by atoms with Crippen molar-refractivity contribution in [2.75, 3.05) is 18.4 Å². The molecule has 156 valence electrons. The van der Waals surface area contributed by atoms with E-state index in [4.69, 9.17) is 5.10 Å². The van der Waals surface area contributed by atoms with Gasteiger partial charge in [0.15, 0.2) is 0 Å². The molecule has 5 rings (SSSR count). The van der Waals surface area contributed by atoms with Crippen molar-refractivity contribution in [3.8, 4) is 11.4 Å². The molecule has 3 aromatic rings. The summed E-state index contributed by atoms with van der Waals surface area (Å²) < 4.78 is 43.4. The van der Waals surface area contributed by atoms with E-state index in [-0.39, 0.29) is 23.1 Å². The first kappa shape index (κ1) is 19.0. The Kier molecular flexibility index (Phi) is 4.28. The number of aromatic nitrogens is 4. The monoisotopic (exact) mass is 416 g/mol. The first-order valence-corrected chi connectivity index (χ1v) is 9.74. The van der Waals surface area contributed by atoms with Crippen molar-refractivity contribution >= 4 is 22.6 Å². The van der Waals surface area contributed by atoms with Gasteiger partial charge < -0.3 is 10.6 Å². The molecule has 0 saturated carbocycles. The van der Waals surface area contributed by atoms with Gasteiger partial charge in [0.25, 0.3) is 0 Å². The van der Waals surface area contributed by atoms with Crippen molar-refractivity contribution in [2.24, 2.45) is 5.92 Å². The molecule has 1 amide bonds. The van der Waals surface area contributed by atoms with Crippen LogP contribution in [0.5, 0.6) is 0 Å². The predicted octanol–water partition coefficient (Wildman–Crippen LogP) is 3.26. The number of nitrogens with zero attached hydrogens (tertiary/aromatic N) is 4. The molecule has 0 spiro atoms. The van der Waals surface area contributed by atoms with Gasteiger partial charge in [0.1, 0.15) is 23.5 Å². The minimum atomic E-state index is -4.60. The van der Waals surface area contributed by atoms with Crippen molar-refractivity contribution < 1.29 is 18.0 Å². The number of nitrogens with one attached hydrogen (secondary N) is 2. The fourth-order valence-corrected chi connectivity index (χ4v) is 4.40. The van der Waals surface area contributed by atoms with Crippen molar-refractivity contribution in [3.05, 3.63) is 36.2 Å². The molecule has 7 nitrogen and oxygen atoms in total. The van der Waals surface area contributed by atoms with Crippen LogP contribution in [-0.4, -0.2) is 44.9 Å². The third-order valence-electron chi connectivity index (χ3n) is 5.90. The van der Waals surface area contributed by atoms with Crippen molar-refractivity contribution in [2.45, 2.75) is 31.5 Å². The molecule has 2 aliphatic heterocycles. The Bertz CT molecular complexity index is 1140. The second kappa shape index (κ2) is 6.76. The molecule has 0 aliphatic carbocycles. The maximum atomic E-state index is 13.8. The lowest BCUT2D eigenvalue weighted by molar-refractivity contribution is -0.156. The molecule has 4 heterocycles. The van der Waals surface area contributed by atoms with Gasteiger partial charge in [-0.05, 0) is 18.5 Å². The molecule has 1 saturated heterocycles. The largest absolute Gasteiger partial charge is 0.396 e. The molecule has 1 fully saturated rings. The second-order valence-corrected chi connectivity index (χ2v) is 7.84. The van der Waals surface area contributed by atoms with Crippen LogP contribution in [0.15, 0.2) is 30.6 Å². The van der Waals surface area contributed by atoms with Gasteiger partial charge in [-0.2, -0.15) is 18.3 Å². The lowest BCUT2D eigenvalue weighted by atomic mass is 9.89. The van der Waals surface area contributed by atoms with E-state index in [0.29, 0.717) is 11.6 Å². The van der Waals surface area contributed by atoms with E-state index in [9.17, 15) is 18.0 Å². The number of halogens is 3. The van der Waals surface area contributed by atoms with Gasteiger partial charge in [-0.25, -0.2) is 9.97 Å². The Morgan fingerprint density at radius 2 is 1.93 bits per heavy atom. The first-order valence-electron chi connectivity index (χ1n) is 9.74. The van der Waals surface area contributed by atoms with Crippen LogP contribution in [0.1, 0.15) is 30.9 Å². The molecule has 2 N–H and O–H groups in total. The maximum Gasteiger partial charge on any atom is 0.396 e. The van der Waals surface area contributed by atoms with E-state index >= 15 is 0 Å². The normalized spacial score (nSPS) is 24.1. The van der Waals surface area contributed by atoms with Gasteiger partial charge in [0, 0.05) is 23.9 Å². The van der Waals surface area contributed by atoms with Crippen LogP contribution < -0.4 is 10.6 Å². The predicted molar refractivity (Wildman–Crippen MR) is 104 cm³/mol. The third-order valence-corrected chi connectivity index (χ3v) is 5.90. The molecule has 3 atom stereocenters. The van der Waals surface area contributed by atoms with Gasteiger partial charge in [-0.3, -0.25) is 9.48 Å². The Morgan fingerprint density at radius 3 is 2.67 bits per heavy atom. The summed E-state index contributed by atoms with van der Waals surface area (Å²) in [5.41, 5.74) is 1.19. The van der Waals surface area contributed by atoms with Crippen molar-refractivity contribution in [1.82, 2.24) is 25.1 Å². The third kappa shape index (κ3) is 2.94. The highest BCUT2D eigenvalue weighted by Crippen LogP contribution is 2.46. The number of alkyl halides is 3. The van der Waals surface area contributed by atoms with Gasteiger partial charge >= 0.3 is 6.18 Å². The number of para-hydroxylation sites is 1. The molecule has 1 aromatic carbocycles. The molecule has 0 unspecified atom stereocenters. The smallest absolute Gasteiger partial charge is 0.314 e. The van der Waals surface area contributed by atoms with Crippen LogP contribution in [0.3, 0.4) is 0 Å². The molecule has 10 heteroatoms. The van der Waals surface area contributed by atoms with E-state index in [1.54, 1.807) is 0 Å². The molecule has 0 radical (unpaired) electrons. The first-order chi connectivity index (χ1) is 14.3. The summed E-state index contributed by atoms with van der Waals surface area (Å²) in [5, 5.41) is 11.2. The van der Waals surface area contributed by atoms with Crippen LogP contribution >= 0.6 is 0 Å². The summed E-state index contributed by atoms with van der Waals surface area (Å²) in [6.07, 6.45) is -4.13. The number of anilines is 1. The minimum absolute atomic E-state index is 0.0828. The lowest BCUT2D eigenvalue weighted by Gasteiger charge is -2.27. The van der Waals surface area contributed by atoms with Crippen molar-refractivity contribution in [3.63, 3.8) is 0 Å². The molecular weight excluding hydrogens is 397 g/mol. The van der Waals surface area contributed by atoms with Crippen LogP contribution in [0, 0.1) is 5.92 Å². The Morgan fingerprint density at radius 1 is 1.13 bits per heavy atom. The molecule has 30 heavy (non-hydrogen) atoms. The van der Waals surface area contributed by atoms with E-state index in [1.807, 2.05) is 28.9 Å². The number of fused-ring (bicyclic) bond motifs is 2. The van der Waals surface area contributed by atoms with E-state index in [2.05, 4.69) is 27.5 Å². The molecular formula is C20H19F3N6O. The number of rotatable bonds is 2. The zero-order chi connectivity index (χ0) is 21.0. The Labute approximate surface area is 169 Å². The number of benzene rings is 1. The van der Waals surface area contributed by atoms with Crippen LogP contribution in [0.25, 0.3) is 22.3 Å². The van der Waals surface area contributed by atoms with E-state index in [1.165, 1.54) is 6.33 Å². The highest BCUT2D eigenvalue weighted by molar-refractivity contribution is 5.98. The molecule has 2 aliphatic rings. The summed E-state index contributed by atoms with van der Waals surface area (Å²) in [5.74, 6) is -2.47. The van der Waals surface area contributed by atoms with Crippen LogP contribution in [0.4, 0.5) is 19.0 Å². The SMILES string of the molecule is C[C@@H]1CNC[C@H]1n1nc(-c2ncnc3c2[C@H](C(F)(F)F)CC(=O)N3)c2ccccc21. The zero-order valence-corrected chi connectivity index (χ0v) is 16.1. The number of amides is 1. The standard InChI is InChI=1S/C20H19F3N6O/c1-10-7-24-8-14(10)29-13-5-3-2-4-11(13)17(28-29)18-16-12(20(21,22)23)6-15(30)27-19(16)26-9-25-18/h2-5,9-10,12,14,24H,6-8H2,1H3,(H,25,26,27,30)/t10-,12-,14-/m1/s1. The lowest BCUT2D eigenvalue weighted by Crippen LogP contribution is -2.33. The van der Waals surface area contributed by atoms with Gasteiger partial charge in [0.2, 0.25) is 5.91 Å². The summed E-state index contributed by atoms with van der Waals surface area (Å²) in [6.45, 7) is 3.69. The topological polar surface area (TPSA) is 84.7 Å². The van der Waals surface area contributed by atoms with E-state index in [0.717, 1.165) is 24.0 Å². The fourth-order valence-electron chi connectivity index (χ4n) is 4.40. The van der Waals surface area contributed by atoms with Gasteiger partial charge in [-0.1, -0.05) is 25.1 Å². The quantitative estimate of drug-likeness (QED) is 0.670. The number of carbonyl (C=O) groups excluding carboxylic acids is 1. The number of hydrogen-bond donors (Lipinski definition) is 2. The summed E-state index contributed by atoms with van der Waals surface area (Å²) in [7, 11) is 0. The minimum Gasteiger partial charge on any atom is -0.314 e. The summed E-state index contributed by atoms with van der Waals surface area (Å²) in [6, 6.07) is 7.53. The summed E-state index contributed by atoms with van der Waals surface area (Å²) >= 11 is 0. The van der Waals surface area contributed by atoms with E-state index < -0.39 is 24.4 Å². The van der Waals surface area contributed by atoms with Crippen molar-refractivity contribution in [1.29, 1.82) is 0 Å². The second-order valence-electron chi connectivity index (χ2n) is 7.84. The summed E-state index contributed by atoms with van der Waals surface area (Å²) in [4.78, 5) is 20.0.